The van der Waals surface area contributed by atoms with Crippen LogP contribution in [0.3, 0.4) is 0 Å². The van der Waals surface area contributed by atoms with Gasteiger partial charge in [0, 0.05) is 13.0 Å². The molecule has 154 valence electrons. The monoisotopic (exact) mass is 379 g/mol. The second-order valence-corrected chi connectivity index (χ2v) is 9.12. The standard InChI is InChI=1S/C21H37N3O3/c1-23(2)14-18-15-27-21(10-6-7-11-21)16-24(18)20(26)13-22-19(25)12-17-8-4-3-5-9-17/h17-18H,3-16H2,1-2H3,(H,22,25). The average molecular weight is 380 g/mol. The molecular formula is C21H37N3O3. The maximum atomic E-state index is 13.0. The normalized spacial score (nSPS) is 25.9. The van der Waals surface area contributed by atoms with Gasteiger partial charge in [-0.2, -0.15) is 0 Å². The second kappa shape index (κ2) is 9.37. The van der Waals surface area contributed by atoms with Crippen LogP contribution < -0.4 is 5.32 Å². The fraction of sp³-hybridized carbons (Fsp3) is 0.905. The predicted octanol–water partition coefficient (Wildman–Crippen LogP) is 2.17. The molecule has 1 aliphatic heterocycles. The smallest absolute Gasteiger partial charge is 0.242 e. The largest absolute Gasteiger partial charge is 0.371 e. The molecule has 0 radical (unpaired) electrons. The van der Waals surface area contributed by atoms with Gasteiger partial charge in [-0.05, 0) is 45.7 Å². The van der Waals surface area contributed by atoms with Gasteiger partial charge in [-0.15, -0.1) is 0 Å². The van der Waals surface area contributed by atoms with E-state index in [1.54, 1.807) is 0 Å². The van der Waals surface area contributed by atoms with Gasteiger partial charge < -0.3 is 19.9 Å². The molecule has 3 aliphatic rings. The molecule has 1 saturated heterocycles. The van der Waals surface area contributed by atoms with E-state index < -0.39 is 0 Å². The number of carbonyl (C=O) groups is 2. The number of amides is 2. The van der Waals surface area contributed by atoms with Crippen molar-refractivity contribution in [1.82, 2.24) is 15.1 Å². The first-order valence-corrected chi connectivity index (χ1v) is 10.8. The Morgan fingerprint density at radius 2 is 1.81 bits per heavy atom. The van der Waals surface area contributed by atoms with Crippen LogP contribution in [0.2, 0.25) is 0 Å². The Labute approximate surface area is 164 Å². The summed E-state index contributed by atoms with van der Waals surface area (Å²) in [4.78, 5) is 29.3. The van der Waals surface area contributed by atoms with Gasteiger partial charge in [0.25, 0.3) is 0 Å². The van der Waals surface area contributed by atoms with E-state index in [9.17, 15) is 9.59 Å². The highest BCUT2D eigenvalue weighted by Crippen LogP contribution is 2.37. The fourth-order valence-electron chi connectivity index (χ4n) is 5.04. The Balaban J connectivity index is 1.53. The van der Waals surface area contributed by atoms with E-state index in [-0.39, 0.29) is 30.0 Å². The quantitative estimate of drug-likeness (QED) is 0.768. The molecule has 2 aliphatic carbocycles. The lowest BCUT2D eigenvalue weighted by Gasteiger charge is -2.46. The average Bonchev–Trinajstić information content (AvgIpc) is 3.10. The number of nitrogens with zero attached hydrogens (tertiary/aromatic N) is 2. The molecule has 1 atom stereocenters. The Morgan fingerprint density at radius 3 is 2.48 bits per heavy atom. The zero-order chi connectivity index (χ0) is 19.3. The van der Waals surface area contributed by atoms with Crippen molar-refractivity contribution in [2.75, 3.05) is 40.3 Å². The van der Waals surface area contributed by atoms with Gasteiger partial charge in [0.2, 0.25) is 11.8 Å². The number of rotatable bonds is 6. The van der Waals surface area contributed by atoms with E-state index in [1.165, 1.54) is 32.1 Å². The minimum atomic E-state index is -0.148. The molecule has 6 nitrogen and oxygen atoms in total. The Kier molecular flexibility index (Phi) is 7.15. The molecule has 1 unspecified atom stereocenters. The first kappa shape index (κ1) is 20.6. The van der Waals surface area contributed by atoms with Gasteiger partial charge in [-0.25, -0.2) is 0 Å². The Morgan fingerprint density at radius 1 is 1.11 bits per heavy atom. The summed E-state index contributed by atoms with van der Waals surface area (Å²) in [6, 6.07) is 0.0639. The van der Waals surface area contributed by atoms with Crippen LogP contribution in [0, 0.1) is 5.92 Å². The highest BCUT2D eigenvalue weighted by molar-refractivity contribution is 5.85. The molecule has 3 rings (SSSR count). The van der Waals surface area contributed by atoms with Crippen LogP contribution >= 0.6 is 0 Å². The van der Waals surface area contributed by atoms with Crippen molar-refractivity contribution in [2.45, 2.75) is 75.9 Å². The zero-order valence-corrected chi connectivity index (χ0v) is 17.2. The molecule has 3 fully saturated rings. The minimum Gasteiger partial charge on any atom is -0.371 e. The van der Waals surface area contributed by atoms with Crippen molar-refractivity contribution >= 4 is 11.8 Å². The SMILES string of the molecule is CN(C)CC1COC2(CCCC2)CN1C(=O)CNC(=O)CC1CCCCC1. The van der Waals surface area contributed by atoms with Crippen LogP contribution in [0.5, 0.6) is 0 Å². The molecule has 2 saturated carbocycles. The highest BCUT2D eigenvalue weighted by atomic mass is 16.5. The lowest BCUT2D eigenvalue weighted by Crippen LogP contribution is -2.61. The number of hydrogen-bond acceptors (Lipinski definition) is 4. The van der Waals surface area contributed by atoms with Crippen LogP contribution in [0.25, 0.3) is 0 Å². The van der Waals surface area contributed by atoms with E-state index in [4.69, 9.17) is 4.74 Å². The molecule has 2 amide bonds. The van der Waals surface area contributed by atoms with E-state index in [2.05, 4.69) is 10.2 Å². The summed E-state index contributed by atoms with van der Waals surface area (Å²) in [5, 5.41) is 2.90. The molecule has 0 aromatic heterocycles. The van der Waals surface area contributed by atoms with Gasteiger partial charge >= 0.3 is 0 Å². The third-order valence-corrected chi connectivity index (χ3v) is 6.53. The van der Waals surface area contributed by atoms with Crippen molar-refractivity contribution in [3.8, 4) is 0 Å². The topological polar surface area (TPSA) is 61.9 Å². The molecule has 1 heterocycles. The van der Waals surface area contributed by atoms with E-state index >= 15 is 0 Å². The van der Waals surface area contributed by atoms with Crippen LogP contribution in [0.1, 0.15) is 64.2 Å². The van der Waals surface area contributed by atoms with Crippen LogP contribution in [-0.2, 0) is 14.3 Å². The van der Waals surface area contributed by atoms with E-state index in [0.29, 0.717) is 25.5 Å². The molecule has 1 spiro atoms. The number of ether oxygens (including phenoxy) is 1. The van der Waals surface area contributed by atoms with Gasteiger partial charge in [-0.3, -0.25) is 9.59 Å². The first-order chi connectivity index (χ1) is 13.0. The van der Waals surface area contributed by atoms with Crippen LogP contribution in [-0.4, -0.2) is 73.6 Å². The third-order valence-electron chi connectivity index (χ3n) is 6.53. The highest BCUT2D eigenvalue weighted by Gasteiger charge is 2.44. The maximum Gasteiger partial charge on any atom is 0.242 e. The van der Waals surface area contributed by atoms with Gasteiger partial charge in [0.05, 0.1) is 31.3 Å². The molecule has 0 aromatic rings. The first-order valence-electron chi connectivity index (χ1n) is 10.8. The van der Waals surface area contributed by atoms with Crippen LogP contribution in [0.4, 0.5) is 0 Å². The van der Waals surface area contributed by atoms with E-state index in [0.717, 1.165) is 32.2 Å². The summed E-state index contributed by atoms with van der Waals surface area (Å²) in [5.74, 6) is 0.567. The van der Waals surface area contributed by atoms with Gasteiger partial charge in [0.15, 0.2) is 0 Å². The van der Waals surface area contributed by atoms with Gasteiger partial charge in [-0.1, -0.05) is 32.1 Å². The van der Waals surface area contributed by atoms with Gasteiger partial charge in [0.1, 0.15) is 0 Å². The summed E-state index contributed by atoms with van der Waals surface area (Å²) >= 11 is 0. The Bertz CT molecular complexity index is 511. The van der Waals surface area contributed by atoms with Crippen molar-refractivity contribution in [2.24, 2.45) is 5.92 Å². The maximum absolute atomic E-state index is 13.0. The van der Waals surface area contributed by atoms with E-state index in [1.807, 2.05) is 19.0 Å². The number of likely N-dealkylation sites (N-methyl/N-ethyl adjacent to an activating group) is 1. The summed E-state index contributed by atoms with van der Waals surface area (Å²) in [6.07, 6.45) is 11.1. The van der Waals surface area contributed by atoms with Crippen molar-refractivity contribution in [3.05, 3.63) is 0 Å². The molecule has 27 heavy (non-hydrogen) atoms. The molecule has 1 N–H and O–H groups in total. The molecule has 0 aromatic carbocycles. The summed E-state index contributed by atoms with van der Waals surface area (Å²) in [6.45, 7) is 2.17. The third kappa shape index (κ3) is 5.67. The summed E-state index contributed by atoms with van der Waals surface area (Å²) in [7, 11) is 4.04. The lowest BCUT2D eigenvalue weighted by molar-refractivity contribution is -0.161. The molecular weight excluding hydrogens is 342 g/mol. The second-order valence-electron chi connectivity index (χ2n) is 9.12. The number of hydrogen-bond donors (Lipinski definition) is 1. The zero-order valence-electron chi connectivity index (χ0n) is 17.2. The number of morpholine rings is 1. The number of nitrogens with one attached hydrogen (secondary N) is 1. The summed E-state index contributed by atoms with van der Waals surface area (Å²) < 4.78 is 6.24. The number of carbonyl (C=O) groups excluding carboxylic acids is 2. The summed E-state index contributed by atoms with van der Waals surface area (Å²) in [5.41, 5.74) is -0.148. The van der Waals surface area contributed by atoms with Crippen molar-refractivity contribution in [3.63, 3.8) is 0 Å². The van der Waals surface area contributed by atoms with Crippen molar-refractivity contribution in [1.29, 1.82) is 0 Å². The molecule has 0 bridgehead atoms. The Hall–Kier alpha value is -1.14. The lowest BCUT2D eigenvalue weighted by atomic mass is 9.87. The molecule has 6 heteroatoms. The van der Waals surface area contributed by atoms with Crippen LogP contribution in [0.15, 0.2) is 0 Å². The minimum absolute atomic E-state index is 0.0308. The predicted molar refractivity (Wildman–Crippen MR) is 105 cm³/mol. The van der Waals surface area contributed by atoms with Crippen molar-refractivity contribution < 1.29 is 14.3 Å². The fourth-order valence-corrected chi connectivity index (χ4v) is 5.04.